The lowest BCUT2D eigenvalue weighted by atomic mass is 10.1. The molecule has 1 heterocycles. The van der Waals surface area contributed by atoms with Crippen molar-refractivity contribution in [2.45, 2.75) is 13.1 Å². The molecule has 18 heavy (non-hydrogen) atoms. The van der Waals surface area contributed by atoms with Gasteiger partial charge in [0.25, 0.3) is 5.56 Å². The Kier molecular flexibility index (Phi) is 2.98. The van der Waals surface area contributed by atoms with Crippen LogP contribution in [-0.4, -0.2) is 4.57 Å². The molecule has 94 valence electrons. The molecule has 0 aliphatic carbocycles. The van der Waals surface area contributed by atoms with Crippen molar-refractivity contribution in [3.63, 3.8) is 0 Å². The van der Waals surface area contributed by atoms with Crippen molar-refractivity contribution < 1.29 is 13.2 Å². The second-order valence-corrected chi connectivity index (χ2v) is 3.96. The number of nitrogens with zero attached hydrogens (tertiary/aromatic N) is 1. The average Bonchev–Trinajstić information content (AvgIpc) is 2.27. The number of halogens is 3. The first-order chi connectivity index (χ1) is 8.38. The van der Waals surface area contributed by atoms with Crippen molar-refractivity contribution in [3.05, 3.63) is 64.1 Å². The van der Waals surface area contributed by atoms with E-state index < -0.39 is 11.7 Å². The Bertz CT molecular complexity index is 629. The van der Waals surface area contributed by atoms with Crippen molar-refractivity contribution in [3.8, 4) is 5.69 Å². The quantitative estimate of drug-likeness (QED) is 0.765. The van der Waals surface area contributed by atoms with Crippen LogP contribution in [0.1, 0.15) is 11.1 Å². The lowest BCUT2D eigenvalue weighted by Gasteiger charge is -2.11. The lowest BCUT2D eigenvalue weighted by Crippen LogP contribution is -2.16. The Morgan fingerprint density at radius 1 is 1.11 bits per heavy atom. The minimum Gasteiger partial charge on any atom is -0.284 e. The summed E-state index contributed by atoms with van der Waals surface area (Å²) in [7, 11) is 0. The zero-order valence-electron chi connectivity index (χ0n) is 9.53. The van der Waals surface area contributed by atoms with Gasteiger partial charge in [-0.1, -0.05) is 6.07 Å². The molecule has 0 bridgehead atoms. The van der Waals surface area contributed by atoms with Crippen molar-refractivity contribution in [1.29, 1.82) is 0 Å². The zero-order valence-corrected chi connectivity index (χ0v) is 9.53. The highest BCUT2D eigenvalue weighted by Crippen LogP contribution is 2.31. The van der Waals surface area contributed by atoms with E-state index >= 15 is 0 Å². The van der Waals surface area contributed by atoms with Gasteiger partial charge in [-0.25, -0.2) is 0 Å². The Balaban J connectivity index is 2.63. The molecule has 0 fully saturated rings. The Morgan fingerprint density at radius 3 is 2.44 bits per heavy atom. The largest absolute Gasteiger partial charge is 0.416 e. The number of aryl methyl sites for hydroxylation is 1. The van der Waals surface area contributed by atoms with E-state index in [0.29, 0.717) is 5.56 Å². The summed E-state index contributed by atoms with van der Waals surface area (Å²) in [6.07, 6.45) is -2.98. The summed E-state index contributed by atoms with van der Waals surface area (Å²) >= 11 is 0. The van der Waals surface area contributed by atoms with E-state index in [0.717, 1.165) is 12.1 Å². The maximum Gasteiger partial charge on any atom is 0.416 e. The van der Waals surface area contributed by atoms with Crippen LogP contribution in [0.4, 0.5) is 13.2 Å². The van der Waals surface area contributed by atoms with Crippen LogP contribution < -0.4 is 5.56 Å². The number of pyridine rings is 1. The third kappa shape index (κ3) is 2.45. The summed E-state index contributed by atoms with van der Waals surface area (Å²) in [6.45, 7) is 1.56. The predicted octanol–water partition coefficient (Wildman–Crippen LogP) is 3.16. The fourth-order valence-corrected chi connectivity index (χ4v) is 1.71. The van der Waals surface area contributed by atoms with E-state index in [1.165, 1.54) is 22.9 Å². The SMILES string of the molecule is Cc1cc(-n2ccccc2=O)cc(C(F)(F)F)c1. The maximum atomic E-state index is 12.7. The number of hydrogen-bond acceptors (Lipinski definition) is 1. The smallest absolute Gasteiger partial charge is 0.284 e. The Hall–Kier alpha value is -2.04. The molecule has 5 heteroatoms. The van der Waals surface area contributed by atoms with Gasteiger partial charge in [0.05, 0.1) is 5.56 Å². The second kappa shape index (κ2) is 4.33. The molecule has 0 atom stereocenters. The molecule has 0 spiro atoms. The lowest BCUT2D eigenvalue weighted by molar-refractivity contribution is -0.137. The van der Waals surface area contributed by atoms with Crippen molar-refractivity contribution in [2.24, 2.45) is 0 Å². The Labute approximate surface area is 101 Å². The van der Waals surface area contributed by atoms with Crippen LogP contribution in [-0.2, 0) is 6.18 Å². The van der Waals surface area contributed by atoms with Crippen LogP contribution in [0.15, 0.2) is 47.4 Å². The van der Waals surface area contributed by atoms with Crippen LogP contribution in [0, 0.1) is 6.92 Å². The minimum absolute atomic E-state index is 0.216. The van der Waals surface area contributed by atoms with Gasteiger partial charge >= 0.3 is 6.18 Å². The average molecular weight is 253 g/mol. The normalized spacial score (nSPS) is 11.6. The van der Waals surface area contributed by atoms with Gasteiger partial charge in [-0.05, 0) is 36.8 Å². The number of benzene rings is 1. The molecule has 1 aromatic carbocycles. The van der Waals surface area contributed by atoms with Crippen LogP contribution in [0.25, 0.3) is 5.69 Å². The fourth-order valence-electron chi connectivity index (χ4n) is 1.71. The summed E-state index contributed by atoms with van der Waals surface area (Å²) in [5, 5.41) is 0. The van der Waals surface area contributed by atoms with Gasteiger partial charge in [0.15, 0.2) is 0 Å². The topological polar surface area (TPSA) is 22.0 Å². The van der Waals surface area contributed by atoms with Crippen molar-refractivity contribution in [1.82, 2.24) is 4.57 Å². The highest BCUT2D eigenvalue weighted by atomic mass is 19.4. The molecular weight excluding hydrogens is 243 g/mol. The molecule has 2 nitrogen and oxygen atoms in total. The van der Waals surface area contributed by atoms with Crippen molar-refractivity contribution >= 4 is 0 Å². The molecule has 0 N–H and O–H groups in total. The van der Waals surface area contributed by atoms with Crippen molar-refractivity contribution in [2.75, 3.05) is 0 Å². The molecule has 1 aromatic heterocycles. The van der Waals surface area contributed by atoms with Gasteiger partial charge < -0.3 is 0 Å². The van der Waals surface area contributed by atoms with Gasteiger partial charge in [-0.2, -0.15) is 13.2 Å². The summed E-state index contributed by atoms with van der Waals surface area (Å²) < 4.78 is 39.2. The van der Waals surface area contributed by atoms with Gasteiger partial charge in [-0.15, -0.1) is 0 Å². The van der Waals surface area contributed by atoms with E-state index in [9.17, 15) is 18.0 Å². The van der Waals surface area contributed by atoms with E-state index in [1.54, 1.807) is 19.1 Å². The van der Waals surface area contributed by atoms with Crippen LogP contribution >= 0.6 is 0 Å². The molecule has 0 aliphatic heterocycles. The summed E-state index contributed by atoms with van der Waals surface area (Å²) in [4.78, 5) is 11.6. The summed E-state index contributed by atoms with van der Waals surface area (Å²) in [5.41, 5.74) is -0.451. The molecule has 0 amide bonds. The van der Waals surface area contributed by atoms with E-state index in [4.69, 9.17) is 0 Å². The predicted molar refractivity (Wildman–Crippen MR) is 61.8 cm³/mol. The highest BCUT2D eigenvalue weighted by molar-refractivity contribution is 5.41. The van der Waals surface area contributed by atoms with Crippen LogP contribution in [0.3, 0.4) is 0 Å². The second-order valence-electron chi connectivity index (χ2n) is 3.96. The summed E-state index contributed by atoms with van der Waals surface area (Å²) in [5.74, 6) is 0. The standard InChI is InChI=1S/C13H10F3NO/c1-9-6-10(13(14,15)16)8-11(7-9)17-5-3-2-4-12(17)18/h2-8H,1H3. The monoisotopic (exact) mass is 253 g/mol. The van der Waals surface area contributed by atoms with Crippen LogP contribution in [0.5, 0.6) is 0 Å². The zero-order chi connectivity index (χ0) is 13.3. The maximum absolute atomic E-state index is 12.7. The van der Waals surface area contributed by atoms with Gasteiger partial charge in [0.1, 0.15) is 0 Å². The molecule has 0 radical (unpaired) electrons. The molecule has 0 aliphatic rings. The molecule has 2 rings (SSSR count). The number of hydrogen-bond donors (Lipinski definition) is 0. The number of alkyl halides is 3. The van der Waals surface area contributed by atoms with Crippen LogP contribution in [0.2, 0.25) is 0 Å². The molecule has 0 unspecified atom stereocenters. The number of aromatic nitrogens is 1. The minimum atomic E-state index is -4.42. The molecule has 0 saturated heterocycles. The third-order valence-electron chi connectivity index (χ3n) is 2.49. The molecular formula is C13H10F3NO. The number of rotatable bonds is 1. The first-order valence-electron chi connectivity index (χ1n) is 5.25. The third-order valence-corrected chi connectivity index (χ3v) is 2.49. The fraction of sp³-hybridized carbons (Fsp3) is 0.154. The first kappa shape index (κ1) is 12.4. The van der Waals surface area contributed by atoms with Gasteiger partial charge in [0.2, 0.25) is 0 Å². The summed E-state index contributed by atoms with van der Waals surface area (Å²) in [6, 6.07) is 7.99. The molecule has 2 aromatic rings. The van der Waals surface area contributed by atoms with Gasteiger partial charge in [0, 0.05) is 18.0 Å². The van der Waals surface area contributed by atoms with E-state index in [1.807, 2.05) is 0 Å². The van der Waals surface area contributed by atoms with E-state index in [2.05, 4.69) is 0 Å². The van der Waals surface area contributed by atoms with E-state index in [-0.39, 0.29) is 11.2 Å². The highest BCUT2D eigenvalue weighted by Gasteiger charge is 2.31. The first-order valence-corrected chi connectivity index (χ1v) is 5.25. The van der Waals surface area contributed by atoms with Gasteiger partial charge in [-0.3, -0.25) is 9.36 Å². The molecule has 0 saturated carbocycles. The Morgan fingerprint density at radius 2 is 1.83 bits per heavy atom.